The van der Waals surface area contributed by atoms with Crippen LogP contribution in [0.1, 0.15) is 5.56 Å². The van der Waals surface area contributed by atoms with Gasteiger partial charge in [-0.05, 0) is 42.5 Å². The highest BCUT2D eigenvalue weighted by Gasteiger charge is 2.08. The van der Waals surface area contributed by atoms with Crippen molar-refractivity contribution in [1.82, 2.24) is 0 Å². The lowest BCUT2D eigenvalue weighted by Gasteiger charge is -2.07. The summed E-state index contributed by atoms with van der Waals surface area (Å²) in [6.07, 6.45) is 1.49. The van der Waals surface area contributed by atoms with E-state index in [0.717, 1.165) is 0 Å². The molecule has 0 spiro atoms. The number of ether oxygens (including phenoxy) is 2. The molecule has 0 unspecified atom stereocenters. The summed E-state index contributed by atoms with van der Waals surface area (Å²) < 4.78 is 10.9. The van der Waals surface area contributed by atoms with Crippen molar-refractivity contribution in [3.05, 3.63) is 87.4 Å². The summed E-state index contributed by atoms with van der Waals surface area (Å²) >= 11 is 6.06. The van der Waals surface area contributed by atoms with Crippen molar-refractivity contribution in [3.8, 4) is 17.2 Å². The minimum absolute atomic E-state index is 0.0390. The Balaban J connectivity index is 1.73. The lowest BCUT2D eigenvalue weighted by atomic mass is 10.2. The molecule has 27 heavy (non-hydrogen) atoms. The molecule has 0 amide bonds. The van der Waals surface area contributed by atoms with Crippen LogP contribution in [0.5, 0.6) is 17.2 Å². The third-order valence-corrected chi connectivity index (χ3v) is 4.00. The smallest absolute Gasteiger partial charge is 0.270 e. The van der Waals surface area contributed by atoms with E-state index in [9.17, 15) is 10.1 Å². The number of nitrogens with zero attached hydrogens (tertiary/aromatic N) is 2. The van der Waals surface area contributed by atoms with Crippen LogP contribution in [-0.4, -0.2) is 18.2 Å². The SMILES string of the molecule is COc1cccc(Oc2ccc(N=Cc3cc([N+](=O)[O-])ccc3Cl)cc2)c1. The van der Waals surface area contributed by atoms with Crippen molar-refractivity contribution in [1.29, 1.82) is 0 Å². The van der Waals surface area contributed by atoms with Crippen LogP contribution < -0.4 is 9.47 Å². The molecule has 0 radical (unpaired) electrons. The third-order valence-electron chi connectivity index (χ3n) is 3.66. The second kappa shape index (κ2) is 8.33. The first-order chi connectivity index (χ1) is 13.0. The lowest BCUT2D eigenvalue weighted by Crippen LogP contribution is -1.90. The van der Waals surface area contributed by atoms with Gasteiger partial charge in [-0.15, -0.1) is 0 Å². The maximum absolute atomic E-state index is 10.9. The largest absolute Gasteiger partial charge is 0.497 e. The Labute approximate surface area is 160 Å². The standard InChI is InChI=1S/C20H15ClN2O4/c1-26-18-3-2-4-19(12-18)27-17-8-5-15(6-9-17)22-13-14-11-16(23(24)25)7-10-20(14)21/h2-13H,1H3. The monoisotopic (exact) mass is 382 g/mol. The van der Waals surface area contributed by atoms with Crippen molar-refractivity contribution in [2.45, 2.75) is 0 Å². The Bertz CT molecular complexity index is 988. The molecule has 0 atom stereocenters. The minimum Gasteiger partial charge on any atom is -0.497 e. The summed E-state index contributed by atoms with van der Waals surface area (Å²) in [4.78, 5) is 14.7. The number of hydrogen-bond donors (Lipinski definition) is 0. The predicted molar refractivity (Wildman–Crippen MR) is 105 cm³/mol. The molecule has 0 aromatic heterocycles. The number of benzene rings is 3. The van der Waals surface area contributed by atoms with Crippen LogP contribution in [0.2, 0.25) is 5.02 Å². The minimum atomic E-state index is -0.474. The van der Waals surface area contributed by atoms with Crippen molar-refractivity contribution in [2.75, 3.05) is 7.11 Å². The van der Waals surface area contributed by atoms with Crippen molar-refractivity contribution in [2.24, 2.45) is 4.99 Å². The quantitative estimate of drug-likeness (QED) is 0.307. The Hall–Kier alpha value is -3.38. The number of methoxy groups -OCH3 is 1. The summed E-state index contributed by atoms with van der Waals surface area (Å²) in [6.45, 7) is 0. The fourth-order valence-electron chi connectivity index (χ4n) is 2.29. The molecule has 0 aliphatic rings. The van der Waals surface area contributed by atoms with E-state index in [4.69, 9.17) is 21.1 Å². The third kappa shape index (κ3) is 4.83. The summed E-state index contributed by atoms with van der Waals surface area (Å²) in [5, 5.41) is 11.3. The van der Waals surface area contributed by atoms with Gasteiger partial charge in [0, 0.05) is 35.0 Å². The molecule has 0 bridgehead atoms. The number of hydrogen-bond acceptors (Lipinski definition) is 5. The van der Waals surface area contributed by atoms with E-state index in [1.807, 2.05) is 18.2 Å². The zero-order chi connectivity index (χ0) is 19.2. The molecule has 0 aliphatic carbocycles. The molecule has 0 saturated carbocycles. The molecule has 0 heterocycles. The fourth-order valence-corrected chi connectivity index (χ4v) is 2.46. The van der Waals surface area contributed by atoms with Crippen LogP contribution in [0.4, 0.5) is 11.4 Å². The number of nitro groups is 1. The number of non-ortho nitro benzene ring substituents is 1. The zero-order valence-corrected chi connectivity index (χ0v) is 15.1. The van der Waals surface area contributed by atoms with Crippen LogP contribution in [-0.2, 0) is 0 Å². The molecule has 3 aromatic rings. The molecular formula is C20H15ClN2O4. The number of aliphatic imine (C=N–C) groups is 1. The molecule has 0 saturated heterocycles. The highest BCUT2D eigenvalue weighted by molar-refractivity contribution is 6.33. The van der Waals surface area contributed by atoms with Crippen LogP contribution in [0.15, 0.2) is 71.7 Å². The first-order valence-electron chi connectivity index (χ1n) is 7.95. The normalized spacial score (nSPS) is 10.7. The van der Waals surface area contributed by atoms with Gasteiger partial charge in [0.1, 0.15) is 17.2 Å². The van der Waals surface area contributed by atoms with Crippen LogP contribution >= 0.6 is 11.6 Å². The van der Waals surface area contributed by atoms with E-state index in [0.29, 0.717) is 33.5 Å². The van der Waals surface area contributed by atoms with Gasteiger partial charge in [-0.3, -0.25) is 15.1 Å². The topological polar surface area (TPSA) is 74.0 Å². The molecular weight excluding hydrogens is 368 g/mol. The van der Waals surface area contributed by atoms with E-state index < -0.39 is 4.92 Å². The fraction of sp³-hybridized carbons (Fsp3) is 0.0500. The maximum atomic E-state index is 10.9. The van der Waals surface area contributed by atoms with E-state index in [-0.39, 0.29) is 5.69 Å². The van der Waals surface area contributed by atoms with Gasteiger partial charge in [0.05, 0.1) is 17.7 Å². The molecule has 6 nitrogen and oxygen atoms in total. The predicted octanol–water partition coefficient (Wildman–Crippen LogP) is 5.80. The van der Waals surface area contributed by atoms with Gasteiger partial charge in [0.25, 0.3) is 5.69 Å². The molecule has 136 valence electrons. The van der Waals surface area contributed by atoms with E-state index >= 15 is 0 Å². The van der Waals surface area contributed by atoms with Crippen molar-refractivity contribution < 1.29 is 14.4 Å². The van der Waals surface area contributed by atoms with Gasteiger partial charge in [-0.1, -0.05) is 17.7 Å². The average Bonchev–Trinajstić information content (AvgIpc) is 2.68. The maximum Gasteiger partial charge on any atom is 0.270 e. The van der Waals surface area contributed by atoms with E-state index in [1.54, 1.807) is 37.4 Å². The Morgan fingerprint density at radius 2 is 1.74 bits per heavy atom. The molecule has 0 N–H and O–H groups in total. The van der Waals surface area contributed by atoms with Crippen LogP contribution in [0, 0.1) is 10.1 Å². The molecule has 0 fully saturated rings. The summed E-state index contributed by atoms with van der Waals surface area (Å²) in [7, 11) is 1.60. The summed E-state index contributed by atoms with van der Waals surface area (Å²) in [6, 6.07) is 18.6. The van der Waals surface area contributed by atoms with Gasteiger partial charge in [-0.2, -0.15) is 0 Å². The first-order valence-corrected chi connectivity index (χ1v) is 8.33. The van der Waals surface area contributed by atoms with Gasteiger partial charge < -0.3 is 9.47 Å². The van der Waals surface area contributed by atoms with Crippen LogP contribution in [0.3, 0.4) is 0 Å². The van der Waals surface area contributed by atoms with Gasteiger partial charge in [0.2, 0.25) is 0 Å². The lowest BCUT2D eigenvalue weighted by molar-refractivity contribution is -0.384. The highest BCUT2D eigenvalue weighted by atomic mass is 35.5. The number of nitro benzene ring substituents is 1. The average molecular weight is 383 g/mol. The van der Waals surface area contributed by atoms with E-state index in [1.165, 1.54) is 24.4 Å². The van der Waals surface area contributed by atoms with Gasteiger partial charge in [0.15, 0.2) is 0 Å². The Kier molecular flexibility index (Phi) is 5.68. The molecule has 3 aromatic carbocycles. The summed E-state index contributed by atoms with van der Waals surface area (Å²) in [5.74, 6) is 2.02. The first kappa shape index (κ1) is 18.4. The molecule has 0 aliphatic heterocycles. The van der Waals surface area contributed by atoms with E-state index in [2.05, 4.69) is 4.99 Å². The molecule has 3 rings (SSSR count). The Morgan fingerprint density at radius 3 is 2.44 bits per heavy atom. The summed E-state index contributed by atoms with van der Waals surface area (Å²) in [5.41, 5.74) is 1.10. The van der Waals surface area contributed by atoms with Crippen LogP contribution in [0.25, 0.3) is 0 Å². The number of rotatable bonds is 6. The zero-order valence-electron chi connectivity index (χ0n) is 14.3. The van der Waals surface area contributed by atoms with Gasteiger partial charge in [-0.25, -0.2) is 0 Å². The second-order valence-electron chi connectivity index (χ2n) is 5.50. The number of halogens is 1. The van der Waals surface area contributed by atoms with Crippen molar-refractivity contribution >= 4 is 29.2 Å². The van der Waals surface area contributed by atoms with Crippen molar-refractivity contribution in [3.63, 3.8) is 0 Å². The second-order valence-corrected chi connectivity index (χ2v) is 5.90. The van der Waals surface area contributed by atoms with Gasteiger partial charge >= 0.3 is 0 Å². The Morgan fingerprint density at radius 1 is 1.00 bits per heavy atom. The highest BCUT2D eigenvalue weighted by Crippen LogP contribution is 2.27. The molecule has 7 heteroatoms.